The van der Waals surface area contributed by atoms with E-state index in [9.17, 15) is 4.79 Å². The van der Waals surface area contributed by atoms with Crippen LogP contribution in [0, 0.1) is 0 Å². The molecule has 0 spiro atoms. The fourth-order valence-electron chi connectivity index (χ4n) is 2.21. The lowest BCUT2D eigenvalue weighted by Gasteiger charge is -2.05. The number of benzene rings is 1. The van der Waals surface area contributed by atoms with Crippen molar-refractivity contribution < 1.29 is 14.3 Å². The van der Waals surface area contributed by atoms with E-state index in [0.29, 0.717) is 4.88 Å². The summed E-state index contributed by atoms with van der Waals surface area (Å²) >= 11 is 1.34. The van der Waals surface area contributed by atoms with Crippen LogP contribution < -0.4 is 4.74 Å². The Kier molecular flexibility index (Phi) is 3.58. The van der Waals surface area contributed by atoms with Crippen molar-refractivity contribution in [2.45, 2.75) is 0 Å². The molecule has 0 aliphatic carbocycles. The molecule has 4 nitrogen and oxygen atoms in total. The molecule has 2 heterocycles. The highest BCUT2D eigenvalue weighted by Crippen LogP contribution is 2.38. The van der Waals surface area contributed by atoms with Gasteiger partial charge in [-0.2, -0.15) is 0 Å². The van der Waals surface area contributed by atoms with E-state index in [2.05, 4.69) is 4.98 Å². The molecule has 0 radical (unpaired) electrons. The normalized spacial score (nSPS) is 10.6. The predicted octanol–water partition coefficient (Wildman–Crippen LogP) is 3.76. The second kappa shape index (κ2) is 5.54. The highest BCUT2D eigenvalue weighted by Gasteiger charge is 2.20. The molecule has 0 saturated carbocycles. The van der Waals surface area contributed by atoms with Gasteiger partial charge in [-0.1, -0.05) is 12.1 Å². The number of fused-ring (bicyclic) bond motifs is 1. The molecule has 0 saturated heterocycles. The van der Waals surface area contributed by atoms with Crippen LogP contribution in [-0.4, -0.2) is 25.2 Å². The third-order valence-corrected chi connectivity index (χ3v) is 4.31. The van der Waals surface area contributed by atoms with Gasteiger partial charge in [0.25, 0.3) is 0 Å². The zero-order chi connectivity index (χ0) is 14.8. The minimum absolute atomic E-state index is 0.344. The predicted molar refractivity (Wildman–Crippen MR) is 82.9 cm³/mol. The molecule has 1 aromatic carbocycles. The van der Waals surface area contributed by atoms with Gasteiger partial charge >= 0.3 is 5.97 Å². The molecule has 0 atom stereocenters. The van der Waals surface area contributed by atoms with E-state index in [1.807, 2.05) is 36.4 Å². The highest BCUT2D eigenvalue weighted by atomic mass is 32.1. The van der Waals surface area contributed by atoms with Gasteiger partial charge < -0.3 is 9.47 Å². The Hall–Kier alpha value is -2.40. The Bertz CT molecular complexity index is 793. The van der Waals surface area contributed by atoms with Gasteiger partial charge in [0.05, 0.1) is 14.2 Å². The van der Waals surface area contributed by atoms with Crippen LogP contribution in [0.2, 0.25) is 0 Å². The maximum atomic E-state index is 12.0. The molecule has 0 aliphatic rings. The number of pyridine rings is 1. The second-order valence-corrected chi connectivity index (χ2v) is 5.38. The number of carbonyl (C=O) groups excluding carboxylic acids is 1. The second-order valence-electron chi connectivity index (χ2n) is 4.38. The van der Waals surface area contributed by atoms with Crippen LogP contribution >= 0.6 is 11.3 Å². The van der Waals surface area contributed by atoms with E-state index in [4.69, 9.17) is 9.47 Å². The Morgan fingerprint density at radius 3 is 2.57 bits per heavy atom. The Balaban J connectivity index is 2.25. The number of ether oxygens (including phenoxy) is 2. The Morgan fingerprint density at radius 1 is 1.14 bits per heavy atom. The summed E-state index contributed by atoms with van der Waals surface area (Å²) in [5, 5.41) is 0.952. The van der Waals surface area contributed by atoms with E-state index >= 15 is 0 Å². The minimum Gasteiger partial charge on any atom is -0.497 e. The fourth-order valence-corrected chi connectivity index (χ4v) is 3.30. The monoisotopic (exact) mass is 299 g/mol. The molecule has 3 rings (SSSR count). The van der Waals surface area contributed by atoms with Crippen LogP contribution in [0.3, 0.4) is 0 Å². The van der Waals surface area contributed by atoms with Crippen molar-refractivity contribution in [3.05, 3.63) is 47.5 Å². The van der Waals surface area contributed by atoms with Crippen LogP contribution in [0.15, 0.2) is 42.6 Å². The summed E-state index contributed by atoms with van der Waals surface area (Å²) in [5.74, 6) is 0.430. The summed E-state index contributed by atoms with van der Waals surface area (Å²) in [6.45, 7) is 0. The lowest BCUT2D eigenvalue weighted by Crippen LogP contribution is -1.99. The van der Waals surface area contributed by atoms with Gasteiger partial charge in [-0.3, -0.25) is 0 Å². The number of carbonyl (C=O) groups is 1. The Morgan fingerprint density at radius 2 is 1.90 bits per heavy atom. The van der Waals surface area contributed by atoms with Gasteiger partial charge in [-0.15, -0.1) is 11.3 Å². The van der Waals surface area contributed by atoms with E-state index in [1.54, 1.807) is 13.3 Å². The molecule has 0 unspecified atom stereocenters. The summed E-state index contributed by atoms with van der Waals surface area (Å²) in [5.41, 5.74) is 1.80. The molecule has 21 heavy (non-hydrogen) atoms. The van der Waals surface area contributed by atoms with Crippen molar-refractivity contribution >= 4 is 27.5 Å². The summed E-state index contributed by atoms with van der Waals surface area (Å²) in [6.07, 6.45) is 1.72. The first kappa shape index (κ1) is 13.6. The number of rotatable bonds is 3. The van der Waals surface area contributed by atoms with Gasteiger partial charge in [0.2, 0.25) is 0 Å². The standard InChI is InChI=1S/C16H13NO3S/c1-19-11-7-5-10(6-8-11)13-12-4-3-9-17-15(12)21-14(13)16(18)20-2/h3-9H,1-2H3. The van der Waals surface area contributed by atoms with Crippen molar-refractivity contribution in [1.82, 2.24) is 4.98 Å². The fraction of sp³-hybridized carbons (Fsp3) is 0.125. The summed E-state index contributed by atoms with van der Waals surface area (Å²) in [7, 11) is 3.01. The van der Waals surface area contributed by atoms with E-state index in [0.717, 1.165) is 27.1 Å². The van der Waals surface area contributed by atoms with Crippen molar-refractivity contribution in [2.75, 3.05) is 14.2 Å². The van der Waals surface area contributed by atoms with Crippen molar-refractivity contribution in [2.24, 2.45) is 0 Å². The molecular weight excluding hydrogens is 286 g/mol. The average Bonchev–Trinajstić information content (AvgIpc) is 2.93. The summed E-state index contributed by atoms with van der Waals surface area (Å²) in [4.78, 5) is 17.7. The smallest absolute Gasteiger partial charge is 0.348 e. The number of hydrogen-bond acceptors (Lipinski definition) is 5. The third-order valence-electron chi connectivity index (χ3n) is 3.22. The number of nitrogens with zero attached hydrogens (tertiary/aromatic N) is 1. The van der Waals surface area contributed by atoms with Crippen LogP contribution in [0.5, 0.6) is 5.75 Å². The molecule has 5 heteroatoms. The molecule has 3 aromatic rings. The zero-order valence-electron chi connectivity index (χ0n) is 11.6. The molecule has 106 valence electrons. The summed E-state index contributed by atoms with van der Waals surface area (Å²) in [6, 6.07) is 11.4. The maximum Gasteiger partial charge on any atom is 0.348 e. The largest absolute Gasteiger partial charge is 0.497 e. The van der Waals surface area contributed by atoms with Crippen LogP contribution in [0.4, 0.5) is 0 Å². The molecule has 0 amide bonds. The van der Waals surface area contributed by atoms with E-state index < -0.39 is 0 Å². The lowest BCUT2D eigenvalue weighted by atomic mass is 10.0. The molecule has 0 N–H and O–H groups in total. The molecular formula is C16H13NO3S. The molecule has 2 aromatic heterocycles. The first-order valence-electron chi connectivity index (χ1n) is 6.35. The quantitative estimate of drug-likeness (QED) is 0.691. The van der Waals surface area contributed by atoms with Crippen molar-refractivity contribution in [1.29, 1.82) is 0 Å². The lowest BCUT2D eigenvalue weighted by molar-refractivity contribution is 0.0607. The topological polar surface area (TPSA) is 48.4 Å². The first-order chi connectivity index (χ1) is 10.2. The van der Waals surface area contributed by atoms with Gasteiger partial charge in [0.1, 0.15) is 15.5 Å². The minimum atomic E-state index is -0.344. The number of methoxy groups -OCH3 is 2. The number of aromatic nitrogens is 1. The molecule has 0 bridgehead atoms. The zero-order valence-corrected chi connectivity index (χ0v) is 12.4. The number of thiophene rings is 1. The highest BCUT2D eigenvalue weighted by molar-refractivity contribution is 7.21. The SMILES string of the molecule is COC(=O)c1sc2ncccc2c1-c1ccc(OC)cc1. The van der Waals surface area contributed by atoms with Crippen molar-refractivity contribution in [3.63, 3.8) is 0 Å². The van der Waals surface area contributed by atoms with Crippen LogP contribution in [0.1, 0.15) is 9.67 Å². The number of hydrogen-bond donors (Lipinski definition) is 0. The molecule has 0 fully saturated rings. The average molecular weight is 299 g/mol. The molecule has 0 aliphatic heterocycles. The van der Waals surface area contributed by atoms with E-state index in [-0.39, 0.29) is 5.97 Å². The van der Waals surface area contributed by atoms with Crippen molar-refractivity contribution in [3.8, 4) is 16.9 Å². The maximum absolute atomic E-state index is 12.0. The summed E-state index contributed by atoms with van der Waals surface area (Å²) < 4.78 is 10.1. The van der Waals surface area contributed by atoms with Crippen LogP contribution in [-0.2, 0) is 4.74 Å². The van der Waals surface area contributed by atoms with Crippen LogP contribution in [0.25, 0.3) is 21.3 Å². The van der Waals surface area contributed by atoms with Gasteiger partial charge in [-0.05, 0) is 29.8 Å². The van der Waals surface area contributed by atoms with Gasteiger partial charge in [0, 0.05) is 17.1 Å². The van der Waals surface area contributed by atoms with Gasteiger partial charge in [0.15, 0.2) is 0 Å². The third kappa shape index (κ3) is 2.36. The first-order valence-corrected chi connectivity index (χ1v) is 7.16. The van der Waals surface area contributed by atoms with E-state index in [1.165, 1.54) is 18.4 Å². The Labute approximate surface area is 126 Å². The number of esters is 1. The van der Waals surface area contributed by atoms with Gasteiger partial charge in [-0.25, -0.2) is 9.78 Å².